The zero-order chi connectivity index (χ0) is 14.7. The van der Waals surface area contributed by atoms with Gasteiger partial charge in [0.25, 0.3) is 0 Å². The molecule has 1 aromatic heterocycles. The Hall–Kier alpha value is -1.82. The number of aromatic nitrogens is 1. The average Bonchev–Trinajstić information content (AvgIpc) is 2.80. The maximum atomic E-state index is 11.9. The number of fused-ring (bicyclic) bond motifs is 1. The first-order valence-electron chi connectivity index (χ1n) is 6.14. The van der Waals surface area contributed by atoms with Gasteiger partial charge in [-0.15, -0.1) is 0 Å². The van der Waals surface area contributed by atoms with Crippen LogP contribution in [-0.4, -0.2) is 30.0 Å². The van der Waals surface area contributed by atoms with E-state index in [1.807, 2.05) is 18.2 Å². The molecule has 106 valence electrons. The summed E-state index contributed by atoms with van der Waals surface area (Å²) in [6.45, 7) is 1.59. The molecule has 1 aromatic carbocycles. The number of ether oxygens (including phenoxy) is 1. The minimum atomic E-state index is -0.649. The van der Waals surface area contributed by atoms with Gasteiger partial charge in [-0.2, -0.15) is 0 Å². The highest BCUT2D eigenvalue weighted by Gasteiger charge is 2.17. The number of hydrogen-bond donors (Lipinski definition) is 2. The summed E-state index contributed by atoms with van der Waals surface area (Å²) in [5.74, 6) is -0.677. The lowest BCUT2D eigenvalue weighted by molar-refractivity contribution is -0.144. The van der Waals surface area contributed by atoms with Gasteiger partial charge in [0.2, 0.25) is 5.91 Å². The first-order valence-corrected chi connectivity index (χ1v) is 6.93. The van der Waals surface area contributed by atoms with Crippen LogP contribution in [-0.2, 0) is 20.7 Å². The van der Waals surface area contributed by atoms with E-state index in [0.717, 1.165) is 20.9 Å². The van der Waals surface area contributed by atoms with Crippen molar-refractivity contribution in [1.82, 2.24) is 10.3 Å². The van der Waals surface area contributed by atoms with Crippen LogP contribution < -0.4 is 5.32 Å². The molecule has 0 aliphatic carbocycles. The van der Waals surface area contributed by atoms with E-state index >= 15 is 0 Å². The number of methoxy groups -OCH3 is 1. The van der Waals surface area contributed by atoms with Crippen molar-refractivity contribution in [3.8, 4) is 0 Å². The lowest BCUT2D eigenvalue weighted by Crippen LogP contribution is -2.39. The third-order valence-corrected chi connectivity index (χ3v) is 3.51. The molecule has 0 bridgehead atoms. The number of esters is 1. The molecule has 6 heteroatoms. The number of halogens is 1. The summed E-state index contributed by atoms with van der Waals surface area (Å²) >= 11 is 3.41. The maximum Gasteiger partial charge on any atom is 0.328 e. The van der Waals surface area contributed by atoms with Gasteiger partial charge in [-0.1, -0.05) is 15.9 Å². The second-order valence-corrected chi connectivity index (χ2v) is 5.41. The number of nitrogens with one attached hydrogen (secondary N) is 2. The van der Waals surface area contributed by atoms with Gasteiger partial charge in [-0.3, -0.25) is 4.79 Å². The topological polar surface area (TPSA) is 71.2 Å². The van der Waals surface area contributed by atoms with E-state index in [4.69, 9.17) is 0 Å². The summed E-state index contributed by atoms with van der Waals surface area (Å²) in [4.78, 5) is 26.3. The van der Waals surface area contributed by atoms with Gasteiger partial charge >= 0.3 is 5.97 Å². The molecule has 0 fully saturated rings. The second-order valence-electron chi connectivity index (χ2n) is 4.49. The summed E-state index contributed by atoms with van der Waals surface area (Å²) in [5, 5.41) is 3.60. The van der Waals surface area contributed by atoms with Crippen molar-refractivity contribution >= 4 is 38.7 Å². The van der Waals surface area contributed by atoms with Crippen molar-refractivity contribution < 1.29 is 14.3 Å². The molecule has 0 saturated heterocycles. The maximum absolute atomic E-state index is 11.9. The fraction of sp³-hybridized carbons (Fsp3) is 0.286. The molecule has 2 N–H and O–H groups in total. The zero-order valence-electron chi connectivity index (χ0n) is 11.2. The van der Waals surface area contributed by atoms with Crippen molar-refractivity contribution in [2.45, 2.75) is 19.4 Å². The Balaban J connectivity index is 2.10. The molecular formula is C14H15BrN2O3. The highest BCUT2D eigenvalue weighted by molar-refractivity contribution is 9.10. The Morgan fingerprint density at radius 3 is 2.90 bits per heavy atom. The molecule has 1 heterocycles. The first-order chi connectivity index (χ1) is 9.51. The first kappa shape index (κ1) is 14.6. The quantitative estimate of drug-likeness (QED) is 0.839. The van der Waals surface area contributed by atoms with Gasteiger partial charge in [0.1, 0.15) is 6.04 Å². The predicted octanol–water partition coefficient (Wildman–Crippen LogP) is 2.15. The van der Waals surface area contributed by atoms with Crippen molar-refractivity contribution in [2.75, 3.05) is 7.11 Å². The van der Waals surface area contributed by atoms with Crippen LogP contribution in [0, 0.1) is 0 Å². The molecule has 2 aromatic rings. The Morgan fingerprint density at radius 2 is 2.20 bits per heavy atom. The van der Waals surface area contributed by atoms with Gasteiger partial charge in [0, 0.05) is 21.6 Å². The molecule has 1 atom stereocenters. The van der Waals surface area contributed by atoms with Crippen LogP contribution in [0.3, 0.4) is 0 Å². The Kier molecular flexibility index (Phi) is 4.44. The number of rotatable bonds is 4. The molecule has 1 amide bonds. The van der Waals surface area contributed by atoms with Crippen LogP contribution >= 0.6 is 15.9 Å². The van der Waals surface area contributed by atoms with Crippen LogP contribution in [0.5, 0.6) is 0 Å². The molecular weight excluding hydrogens is 324 g/mol. The summed E-state index contributed by atoms with van der Waals surface area (Å²) in [7, 11) is 1.29. The predicted molar refractivity (Wildman–Crippen MR) is 79.3 cm³/mol. The van der Waals surface area contributed by atoms with Crippen LogP contribution in [0.1, 0.15) is 12.5 Å². The number of hydrogen-bond acceptors (Lipinski definition) is 3. The van der Waals surface area contributed by atoms with E-state index in [1.54, 1.807) is 13.1 Å². The zero-order valence-corrected chi connectivity index (χ0v) is 12.8. The van der Waals surface area contributed by atoms with E-state index < -0.39 is 12.0 Å². The number of amides is 1. The molecule has 20 heavy (non-hydrogen) atoms. The van der Waals surface area contributed by atoms with E-state index in [9.17, 15) is 9.59 Å². The van der Waals surface area contributed by atoms with E-state index in [0.29, 0.717) is 0 Å². The summed E-state index contributed by atoms with van der Waals surface area (Å²) in [6.07, 6.45) is 2.01. The van der Waals surface area contributed by atoms with Gasteiger partial charge in [0.05, 0.1) is 13.5 Å². The SMILES string of the molecule is COC(=O)[C@H](C)NC(=O)Cc1c[nH]c2ccc(Br)cc12. The average molecular weight is 339 g/mol. The molecule has 0 unspecified atom stereocenters. The van der Waals surface area contributed by atoms with Gasteiger partial charge in [-0.05, 0) is 30.7 Å². The van der Waals surface area contributed by atoms with Gasteiger partial charge < -0.3 is 15.0 Å². The third kappa shape index (κ3) is 3.19. The molecule has 5 nitrogen and oxygen atoms in total. The monoisotopic (exact) mass is 338 g/mol. The van der Waals surface area contributed by atoms with E-state index in [2.05, 4.69) is 31.0 Å². The van der Waals surface area contributed by atoms with Gasteiger partial charge in [0.15, 0.2) is 0 Å². The fourth-order valence-electron chi connectivity index (χ4n) is 2.00. The fourth-order valence-corrected chi connectivity index (χ4v) is 2.36. The Labute approximate surface area is 124 Å². The summed E-state index contributed by atoms with van der Waals surface area (Å²) < 4.78 is 5.52. The van der Waals surface area contributed by atoms with E-state index in [-0.39, 0.29) is 12.3 Å². The van der Waals surface area contributed by atoms with E-state index in [1.165, 1.54) is 7.11 Å². The van der Waals surface area contributed by atoms with Crippen LogP contribution in [0.4, 0.5) is 0 Å². The highest BCUT2D eigenvalue weighted by Crippen LogP contribution is 2.23. The lowest BCUT2D eigenvalue weighted by Gasteiger charge is -2.11. The molecule has 2 rings (SSSR count). The highest BCUT2D eigenvalue weighted by atomic mass is 79.9. The number of aromatic amines is 1. The van der Waals surface area contributed by atoms with Crippen LogP contribution in [0.25, 0.3) is 10.9 Å². The second kappa shape index (κ2) is 6.09. The van der Waals surface area contributed by atoms with Crippen LogP contribution in [0.15, 0.2) is 28.9 Å². The van der Waals surface area contributed by atoms with Crippen LogP contribution in [0.2, 0.25) is 0 Å². The summed E-state index contributed by atoms with van der Waals surface area (Å²) in [6, 6.07) is 5.18. The normalized spacial score (nSPS) is 12.2. The minimum Gasteiger partial charge on any atom is -0.467 e. The molecule has 0 saturated carbocycles. The lowest BCUT2D eigenvalue weighted by atomic mass is 10.1. The molecule has 0 spiro atoms. The van der Waals surface area contributed by atoms with Gasteiger partial charge in [-0.25, -0.2) is 4.79 Å². The minimum absolute atomic E-state index is 0.206. The molecule has 0 aliphatic rings. The van der Waals surface area contributed by atoms with Crippen molar-refractivity contribution in [2.24, 2.45) is 0 Å². The largest absolute Gasteiger partial charge is 0.467 e. The number of carbonyl (C=O) groups excluding carboxylic acids is 2. The van der Waals surface area contributed by atoms with Crippen molar-refractivity contribution in [3.63, 3.8) is 0 Å². The standard InChI is InChI=1S/C14H15BrN2O3/c1-8(14(19)20-2)17-13(18)5-9-7-16-12-4-3-10(15)6-11(9)12/h3-4,6-8,16H,5H2,1-2H3,(H,17,18)/t8-/m0/s1. The van der Waals surface area contributed by atoms with Crippen molar-refractivity contribution in [1.29, 1.82) is 0 Å². The Bertz CT molecular complexity index is 651. The number of carbonyl (C=O) groups is 2. The number of H-pyrrole nitrogens is 1. The third-order valence-electron chi connectivity index (χ3n) is 3.01. The molecule has 0 radical (unpaired) electrons. The Morgan fingerprint density at radius 1 is 1.45 bits per heavy atom. The van der Waals surface area contributed by atoms with Crippen molar-refractivity contribution in [3.05, 3.63) is 34.4 Å². The number of benzene rings is 1. The molecule has 0 aliphatic heterocycles. The smallest absolute Gasteiger partial charge is 0.328 e. The summed E-state index contributed by atoms with van der Waals surface area (Å²) in [5.41, 5.74) is 1.85.